The third-order valence-electron chi connectivity index (χ3n) is 1.88. The van der Waals surface area contributed by atoms with Crippen LogP contribution in [0.25, 0.3) is 0 Å². The molecule has 0 saturated carbocycles. The Morgan fingerprint density at radius 3 is 3.00 bits per heavy atom. The van der Waals surface area contributed by atoms with Crippen LogP contribution in [0.1, 0.15) is 18.5 Å². The van der Waals surface area contributed by atoms with Crippen LogP contribution < -0.4 is 5.32 Å². The molecule has 0 saturated heterocycles. The fourth-order valence-electron chi connectivity index (χ4n) is 1.05. The number of hydrogen-bond donors (Lipinski definition) is 2. The lowest BCUT2D eigenvalue weighted by Gasteiger charge is -2.02. The molecule has 1 aromatic heterocycles. The first-order chi connectivity index (χ1) is 6.34. The van der Waals surface area contributed by atoms with E-state index >= 15 is 0 Å². The largest absolute Gasteiger partial charge is 0.396 e. The average Bonchev–Trinajstić information content (AvgIpc) is 2.52. The highest BCUT2D eigenvalue weighted by molar-refractivity contribution is 4.91. The topological polar surface area (TPSA) is 63.0 Å². The average molecular weight is 184 g/mol. The predicted molar refractivity (Wildman–Crippen MR) is 49.0 cm³/mol. The molecule has 0 atom stereocenters. The molecule has 0 radical (unpaired) electrons. The third kappa shape index (κ3) is 3.52. The van der Waals surface area contributed by atoms with Crippen molar-refractivity contribution in [3.63, 3.8) is 0 Å². The maximum atomic E-state index is 8.54. The Balaban J connectivity index is 2.10. The van der Waals surface area contributed by atoms with E-state index in [1.807, 2.05) is 7.05 Å². The molecule has 0 fully saturated rings. The van der Waals surface area contributed by atoms with E-state index in [2.05, 4.69) is 15.6 Å². The van der Waals surface area contributed by atoms with Crippen molar-refractivity contribution in [3.05, 3.63) is 11.9 Å². The van der Waals surface area contributed by atoms with E-state index < -0.39 is 0 Å². The summed E-state index contributed by atoms with van der Waals surface area (Å²) in [4.78, 5) is 0. The molecule has 5 nitrogen and oxygen atoms in total. The molecule has 0 aliphatic carbocycles. The van der Waals surface area contributed by atoms with Crippen molar-refractivity contribution < 1.29 is 5.11 Å². The van der Waals surface area contributed by atoms with Crippen LogP contribution >= 0.6 is 0 Å². The van der Waals surface area contributed by atoms with Gasteiger partial charge in [-0.1, -0.05) is 5.21 Å². The molecule has 0 unspecified atom stereocenters. The van der Waals surface area contributed by atoms with E-state index in [0.717, 1.165) is 31.6 Å². The Morgan fingerprint density at radius 2 is 2.38 bits per heavy atom. The van der Waals surface area contributed by atoms with Crippen molar-refractivity contribution in [2.45, 2.75) is 19.4 Å². The van der Waals surface area contributed by atoms with Crippen LogP contribution in [-0.4, -0.2) is 33.3 Å². The van der Waals surface area contributed by atoms with Gasteiger partial charge < -0.3 is 10.4 Å². The number of aliphatic hydroxyl groups is 1. The summed E-state index contributed by atoms with van der Waals surface area (Å²) in [6.45, 7) is 1.98. The summed E-state index contributed by atoms with van der Waals surface area (Å²) >= 11 is 0. The number of hydrogen-bond acceptors (Lipinski definition) is 4. The number of rotatable bonds is 6. The molecule has 0 bridgehead atoms. The van der Waals surface area contributed by atoms with E-state index in [4.69, 9.17) is 5.11 Å². The molecule has 2 N–H and O–H groups in total. The fraction of sp³-hybridized carbons (Fsp3) is 0.750. The summed E-state index contributed by atoms with van der Waals surface area (Å²) in [6, 6.07) is 0. The Bertz CT molecular complexity index is 236. The Hall–Kier alpha value is -0.940. The lowest BCUT2D eigenvalue weighted by atomic mass is 10.3. The number of aliphatic hydroxyl groups excluding tert-OH is 1. The van der Waals surface area contributed by atoms with Gasteiger partial charge in [-0.3, -0.25) is 4.68 Å². The Labute approximate surface area is 77.8 Å². The molecular weight excluding hydrogens is 168 g/mol. The molecule has 5 heteroatoms. The Morgan fingerprint density at radius 1 is 1.54 bits per heavy atom. The van der Waals surface area contributed by atoms with Gasteiger partial charge in [0.25, 0.3) is 0 Å². The minimum Gasteiger partial charge on any atom is -0.396 e. The minimum atomic E-state index is 0.273. The van der Waals surface area contributed by atoms with Crippen LogP contribution in [0.15, 0.2) is 6.20 Å². The van der Waals surface area contributed by atoms with Gasteiger partial charge >= 0.3 is 0 Å². The number of nitrogens with one attached hydrogen (secondary N) is 1. The van der Waals surface area contributed by atoms with Gasteiger partial charge in [-0.25, -0.2) is 0 Å². The smallest absolute Gasteiger partial charge is 0.0738 e. The second-order valence-corrected chi connectivity index (χ2v) is 2.96. The highest BCUT2D eigenvalue weighted by atomic mass is 16.2. The first-order valence-electron chi connectivity index (χ1n) is 4.49. The van der Waals surface area contributed by atoms with E-state index in [1.54, 1.807) is 10.9 Å². The second kappa shape index (κ2) is 5.66. The molecule has 0 spiro atoms. The number of nitrogens with zero attached hydrogens (tertiary/aromatic N) is 3. The molecular formula is C8H16N4O. The van der Waals surface area contributed by atoms with Crippen LogP contribution in [-0.2, 0) is 13.6 Å². The summed E-state index contributed by atoms with van der Waals surface area (Å²) in [7, 11) is 1.87. The van der Waals surface area contributed by atoms with Crippen molar-refractivity contribution in [2.24, 2.45) is 7.05 Å². The summed E-state index contributed by atoms with van der Waals surface area (Å²) in [5.74, 6) is 0. The van der Waals surface area contributed by atoms with Crippen molar-refractivity contribution in [1.29, 1.82) is 0 Å². The van der Waals surface area contributed by atoms with Crippen molar-refractivity contribution in [3.8, 4) is 0 Å². The quantitative estimate of drug-likeness (QED) is 0.595. The number of aromatic nitrogens is 3. The summed E-state index contributed by atoms with van der Waals surface area (Å²) < 4.78 is 1.75. The number of unbranched alkanes of at least 4 members (excludes halogenated alkanes) is 1. The summed E-state index contributed by atoms with van der Waals surface area (Å²) in [5, 5.41) is 19.4. The van der Waals surface area contributed by atoms with Gasteiger partial charge in [0.2, 0.25) is 0 Å². The van der Waals surface area contributed by atoms with Gasteiger partial charge in [-0.05, 0) is 19.4 Å². The lowest BCUT2D eigenvalue weighted by molar-refractivity contribution is 0.283. The van der Waals surface area contributed by atoms with Gasteiger partial charge in [0.05, 0.1) is 11.9 Å². The predicted octanol–water partition coefficient (Wildman–Crippen LogP) is -0.323. The molecule has 1 aromatic rings. The zero-order chi connectivity index (χ0) is 9.52. The zero-order valence-electron chi connectivity index (χ0n) is 7.90. The Kier molecular flexibility index (Phi) is 4.42. The minimum absolute atomic E-state index is 0.273. The van der Waals surface area contributed by atoms with Crippen LogP contribution in [0.4, 0.5) is 0 Å². The van der Waals surface area contributed by atoms with Gasteiger partial charge in [0.15, 0.2) is 0 Å². The third-order valence-corrected chi connectivity index (χ3v) is 1.88. The normalized spacial score (nSPS) is 10.6. The van der Waals surface area contributed by atoms with Gasteiger partial charge in [-0.2, -0.15) is 0 Å². The zero-order valence-corrected chi connectivity index (χ0v) is 7.90. The van der Waals surface area contributed by atoms with Crippen molar-refractivity contribution >= 4 is 0 Å². The highest BCUT2D eigenvalue weighted by Crippen LogP contribution is 1.92. The summed E-state index contributed by atoms with van der Waals surface area (Å²) in [6.07, 6.45) is 3.61. The van der Waals surface area contributed by atoms with E-state index in [-0.39, 0.29) is 6.61 Å². The summed E-state index contributed by atoms with van der Waals surface area (Å²) in [5.41, 5.74) is 1.07. The first kappa shape index (κ1) is 10.1. The molecule has 0 amide bonds. The molecule has 13 heavy (non-hydrogen) atoms. The van der Waals surface area contributed by atoms with Crippen molar-refractivity contribution in [2.75, 3.05) is 13.2 Å². The molecule has 74 valence electrons. The molecule has 0 aromatic carbocycles. The van der Waals surface area contributed by atoms with Gasteiger partial charge in [0, 0.05) is 20.2 Å². The van der Waals surface area contributed by atoms with E-state index in [0.29, 0.717) is 0 Å². The molecule has 0 aliphatic rings. The lowest BCUT2D eigenvalue weighted by Crippen LogP contribution is -2.17. The van der Waals surface area contributed by atoms with E-state index in [9.17, 15) is 0 Å². The molecule has 1 heterocycles. The SMILES string of the molecule is Cn1nncc1CNCCCCO. The van der Waals surface area contributed by atoms with Crippen LogP contribution in [0.5, 0.6) is 0 Å². The second-order valence-electron chi connectivity index (χ2n) is 2.96. The maximum Gasteiger partial charge on any atom is 0.0738 e. The van der Waals surface area contributed by atoms with Gasteiger partial charge in [0.1, 0.15) is 0 Å². The van der Waals surface area contributed by atoms with Gasteiger partial charge in [-0.15, -0.1) is 5.10 Å². The van der Waals surface area contributed by atoms with Crippen LogP contribution in [0.2, 0.25) is 0 Å². The number of aryl methyl sites for hydroxylation is 1. The molecule has 0 aliphatic heterocycles. The standard InChI is InChI=1S/C8H16N4O/c1-12-8(7-10-11-12)6-9-4-2-3-5-13/h7,9,13H,2-6H2,1H3. The fourth-order valence-corrected chi connectivity index (χ4v) is 1.05. The maximum absolute atomic E-state index is 8.54. The van der Waals surface area contributed by atoms with Crippen molar-refractivity contribution in [1.82, 2.24) is 20.3 Å². The molecule has 1 rings (SSSR count). The van der Waals surface area contributed by atoms with E-state index in [1.165, 1.54) is 0 Å². The highest BCUT2D eigenvalue weighted by Gasteiger charge is 1.97. The van der Waals surface area contributed by atoms with Crippen LogP contribution in [0, 0.1) is 0 Å². The monoisotopic (exact) mass is 184 g/mol. The first-order valence-corrected chi connectivity index (χ1v) is 4.49. The van der Waals surface area contributed by atoms with Crippen LogP contribution in [0.3, 0.4) is 0 Å².